The number of fused-ring (bicyclic) bond motifs is 1. The number of aromatic amines is 1. The number of anilines is 1. The van der Waals surface area contributed by atoms with E-state index in [0.717, 1.165) is 52.2 Å². The SMILES string of the molecule is Cc1cc(-c2cnc3[nH]cc(I)c3n2)cc(C)c1N1CCN(C)CC1. The molecule has 1 saturated heterocycles. The Bertz CT molecular complexity index is 902. The average Bonchev–Trinajstić information content (AvgIpc) is 2.96. The lowest BCUT2D eigenvalue weighted by Gasteiger charge is -2.36. The van der Waals surface area contributed by atoms with Gasteiger partial charge in [-0.05, 0) is 66.7 Å². The number of nitrogens with zero attached hydrogens (tertiary/aromatic N) is 4. The first-order valence-corrected chi connectivity index (χ1v) is 9.65. The third-order valence-electron chi connectivity index (χ3n) is 4.94. The molecule has 25 heavy (non-hydrogen) atoms. The third-order valence-corrected chi connectivity index (χ3v) is 5.76. The van der Waals surface area contributed by atoms with Crippen LogP contribution in [0.3, 0.4) is 0 Å². The minimum absolute atomic E-state index is 0.843. The van der Waals surface area contributed by atoms with Crippen molar-refractivity contribution in [3.8, 4) is 11.3 Å². The summed E-state index contributed by atoms with van der Waals surface area (Å²) >= 11 is 2.29. The Kier molecular flexibility index (Phi) is 4.41. The van der Waals surface area contributed by atoms with Gasteiger partial charge in [-0.2, -0.15) is 0 Å². The van der Waals surface area contributed by atoms with Gasteiger partial charge in [-0.15, -0.1) is 0 Å². The van der Waals surface area contributed by atoms with Gasteiger partial charge in [0.15, 0.2) is 5.65 Å². The molecule has 1 N–H and O–H groups in total. The lowest BCUT2D eigenvalue weighted by molar-refractivity contribution is 0.312. The number of rotatable bonds is 2. The molecule has 0 unspecified atom stereocenters. The van der Waals surface area contributed by atoms with E-state index in [0.29, 0.717) is 0 Å². The van der Waals surface area contributed by atoms with Gasteiger partial charge in [0.2, 0.25) is 0 Å². The van der Waals surface area contributed by atoms with Crippen LogP contribution in [0.25, 0.3) is 22.4 Å². The Morgan fingerprint density at radius 3 is 2.44 bits per heavy atom. The molecule has 1 aliphatic rings. The molecule has 0 amide bonds. The van der Waals surface area contributed by atoms with Crippen LogP contribution < -0.4 is 4.90 Å². The number of hydrogen-bond donors (Lipinski definition) is 1. The van der Waals surface area contributed by atoms with Crippen LogP contribution >= 0.6 is 22.6 Å². The van der Waals surface area contributed by atoms with E-state index >= 15 is 0 Å². The lowest BCUT2D eigenvalue weighted by atomic mass is 10.0. The van der Waals surface area contributed by atoms with Crippen molar-refractivity contribution in [2.75, 3.05) is 38.1 Å². The highest BCUT2D eigenvalue weighted by Crippen LogP contribution is 2.31. The highest BCUT2D eigenvalue weighted by molar-refractivity contribution is 14.1. The normalized spacial score (nSPS) is 15.9. The molecule has 1 aliphatic heterocycles. The maximum Gasteiger partial charge on any atom is 0.157 e. The van der Waals surface area contributed by atoms with Crippen LogP contribution in [0.2, 0.25) is 0 Å². The van der Waals surface area contributed by atoms with Crippen molar-refractivity contribution in [1.82, 2.24) is 19.9 Å². The molecule has 6 heteroatoms. The third kappa shape index (κ3) is 3.13. The van der Waals surface area contributed by atoms with Crippen LogP contribution in [0.5, 0.6) is 0 Å². The largest absolute Gasteiger partial charge is 0.369 e. The summed E-state index contributed by atoms with van der Waals surface area (Å²) in [5, 5.41) is 0. The van der Waals surface area contributed by atoms with Gasteiger partial charge in [0.05, 0.1) is 15.5 Å². The van der Waals surface area contributed by atoms with Crippen molar-refractivity contribution < 1.29 is 0 Å². The molecule has 4 rings (SSSR count). The molecule has 0 spiro atoms. The van der Waals surface area contributed by atoms with Gasteiger partial charge >= 0.3 is 0 Å². The van der Waals surface area contributed by atoms with Crippen molar-refractivity contribution in [3.05, 3.63) is 39.2 Å². The molecule has 0 atom stereocenters. The zero-order chi connectivity index (χ0) is 17.6. The predicted octanol–water partition coefficient (Wildman–Crippen LogP) is 3.60. The van der Waals surface area contributed by atoms with Crippen LogP contribution in [0.1, 0.15) is 11.1 Å². The van der Waals surface area contributed by atoms with E-state index in [9.17, 15) is 0 Å². The minimum Gasteiger partial charge on any atom is -0.369 e. The molecule has 0 bridgehead atoms. The molecule has 3 aromatic rings. The Morgan fingerprint density at radius 2 is 1.76 bits per heavy atom. The minimum atomic E-state index is 0.843. The van der Waals surface area contributed by atoms with E-state index in [1.165, 1.54) is 16.8 Å². The van der Waals surface area contributed by atoms with Crippen LogP contribution in [0.15, 0.2) is 24.5 Å². The monoisotopic (exact) mass is 447 g/mol. The number of H-pyrrole nitrogens is 1. The number of nitrogens with one attached hydrogen (secondary N) is 1. The highest BCUT2D eigenvalue weighted by Gasteiger charge is 2.19. The van der Waals surface area contributed by atoms with Crippen molar-refractivity contribution in [1.29, 1.82) is 0 Å². The smallest absolute Gasteiger partial charge is 0.157 e. The number of aromatic nitrogens is 3. The fourth-order valence-electron chi connectivity index (χ4n) is 3.63. The van der Waals surface area contributed by atoms with E-state index in [1.54, 1.807) is 0 Å². The summed E-state index contributed by atoms with van der Waals surface area (Å²) < 4.78 is 1.10. The molecule has 0 saturated carbocycles. The summed E-state index contributed by atoms with van der Waals surface area (Å²) in [6.07, 6.45) is 3.81. The van der Waals surface area contributed by atoms with Gasteiger partial charge < -0.3 is 14.8 Å². The topological polar surface area (TPSA) is 48.1 Å². The maximum absolute atomic E-state index is 4.82. The molecule has 130 valence electrons. The van der Waals surface area contributed by atoms with Crippen molar-refractivity contribution in [2.45, 2.75) is 13.8 Å². The Labute approximate surface area is 161 Å². The van der Waals surface area contributed by atoms with Crippen LogP contribution in [0, 0.1) is 17.4 Å². The highest BCUT2D eigenvalue weighted by atomic mass is 127. The van der Waals surface area contributed by atoms with Crippen molar-refractivity contribution >= 4 is 39.4 Å². The van der Waals surface area contributed by atoms with Crippen molar-refractivity contribution in [3.63, 3.8) is 0 Å². The van der Waals surface area contributed by atoms with Gasteiger partial charge in [0.25, 0.3) is 0 Å². The predicted molar refractivity (Wildman–Crippen MR) is 111 cm³/mol. The lowest BCUT2D eigenvalue weighted by Crippen LogP contribution is -2.45. The van der Waals surface area contributed by atoms with E-state index < -0.39 is 0 Å². The molecule has 3 heterocycles. The zero-order valence-electron chi connectivity index (χ0n) is 14.8. The van der Waals surface area contributed by atoms with E-state index in [4.69, 9.17) is 4.98 Å². The van der Waals surface area contributed by atoms with Gasteiger partial charge in [-0.25, -0.2) is 9.97 Å². The summed E-state index contributed by atoms with van der Waals surface area (Å²) in [6.45, 7) is 8.82. The molecule has 5 nitrogen and oxygen atoms in total. The molecule has 1 aromatic carbocycles. The zero-order valence-corrected chi connectivity index (χ0v) is 17.0. The first-order chi connectivity index (χ1) is 12.0. The summed E-state index contributed by atoms with van der Waals surface area (Å²) in [5.41, 5.74) is 7.85. The van der Waals surface area contributed by atoms with E-state index in [1.807, 2.05) is 12.4 Å². The number of piperazine rings is 1. The molecule has 0 radical (unpaired) electrons. The van der Waals surface area contributed by atoms with E-state index in [-0.39, 0.29) is 0 Å². The van der Waals surface area contributed by atoms with E-state index in [2.05, 4.69) is 75.4 Å². The molecular weight excluding hydrogens is 425 g/mol. The molecule has 2 aromatic heterocycles. The Balaban J connectivity index is 1.72. The standard InChI is InChI=1S/C19H22IN5/c1-12-8-14(16-11-22-19-17(23-16)15(20)10-21-19)9-13(2)18(12)25-6-4-24(3)5-7-25/h8-11H,4-7H2,1-3H3,(H,21,22). The average molecular weight is 447 g/mol. The summed E-state index contributed by atoms with van der Waals surface area (Å²) in [6, 6.07) is 4.49. The molecule has 0 aliphatic carbocycles. The number of hydrogen-bond acceptors (Lipinski definition) is 4. The maximum atomic E-state index is 4.82. The van der Waals surface area contributed by atoms with Gasteiger partial charge in [0, 0.05) is 43.6 Å². The quantitative estimate of drug-likeness (QED) is 0.611. The first-order valence-electron chi connectivity index (χ1n) is 8.57. The fourth-order valence-corrected chi connectivity index (χ4v) is 4.16. The second-order valence-electron chi connectivity index (χ2n) is 6.84. The summed E-state index contributed by atoms with van der Waals surface area (Å²) in [7, 11) is 2.19. The van der Waals surface area contributed by atoms with Gasteiger partial charge in [-0.1, -0.05) is 0 Å². The second kappa shape index (κ2) is 6.57. The van der Waals surface area contributed by atoms with Gasteiger partial charge in [0.1, 0.15) is 5.52 Å². The molecular formula is C19H22IN5. The number of aryl methyl sites for hydroxylation is 2. The van der Waals surface area contributed by atoms with Crippen LogP contribution in [-0.2, 0) is 0 Å². The van der Waals surface area contributed by atoms with Crippen LogP contribution in [-0.4, -0.2) is 53.1 Å². The van der Waals surface area contributed by atoms with Crippen LogP contribution in [0.4, 0.5) is 5.69 Å². The Morgan fingerprint density at radius 1 is 1.08 bits per heavy atom. The number of halogens is 1. The summed E-state index contributed by atoms with van der Waals surface area (Å²) in [4.78, 5) is 17.4. The van der Waals surface area contributed by atoms with Crippen molar-refractivity contribution in [2.24, 2.45) is 0 Å². The second-order valence-corrected chi connectivity index (χ2v) is 8.00. The Hall–Kier alpha value is -1.67. The fraction of sp³-hybridized carbons (Fsp3) is 0.368. The van der Waals surface area contributed by atoms with Gasteiger partial charge in [-0.3, -0.25) is 0 Å². The molecule has 1 fully saturated rings. The number of likely N-dealkylation sites (N-methyl/N-ethyl adjacent to an activating group) is 1. The summed E-state index contributed by atoms with van der Waals surface area (Å²) in [5.74, 6) is 0. The number of benzene rings is 1. The first kappa shape index (κ1) is 16.8.